The Labute approximate surface area is 146 Å². The van der Waals surface area contributed by atoms with Gasteiger partial charge >= 0.3 is 0 Å². The minimum Gasteiger partial charge on any atom is -0.365 e. The van der Waals surface area contributed by atoms with Crippen LogP contribution in [0.25, 0.3) is 0 Å². The first kappa shape index (κ1) is 15.6. The van der Waals surface area contributed by atoms with Crippen molar-refractivity contribution >= 4 is 17.4 Å². The zero-order chi connectivity index (χ0) is 17.2. The number of fused-ring (bicyclic) bond motifs is 1. The number of amides is 1. The Kier molecular flexibility index (Phi) is 4.08. The van der Waals surface area contributed by atoms with E-state index in [1.165, 1.54) is 5.56 Å². The molecular weight excluding hydrogens is 316 g/mol. The lowest BCUT2D eigenvalue weighted by Gasteiger charge is -2.35. The molecule has 0 bridgehead atoms. The van der Waals surface area contributed by atoms with E-state index in [9.17, 15) is 10.1 Å². The Morgan fingerprint density at radius 1 is 1.24 bits per heavy atom. The number of rotatable bonds is 2. The smallest absolute Gasteiger partial charge is 0.257 e. The molecule has 0 spiro atoms. The molecule has 2 aliphatic rings. The molecule has 4 rings (SSSR count). The van der Waals surface area contributed by atoms with Crippen LogP contribution in [0, 0.1) is 11.3 Å². The number of hydrogen-bond donors (Lipinski definition) is 0. The molecule has 3 heterocycles. The van der Waals surface area contributed by atoms with Gasteiger partial charge in [-0.15, -0.1) is 0 Å². The molecule has 1 amide bonds. The molecule has 1 aromatic heterocycles. The number of benzene rings is 1. The zero-order valence-electron chi connectivity index (χ0n) is 13.8. The van der Waals surface area contributed by atoms with E-state index in [0.29, 0.717) is 37.6 Å². The van der Waals surface area contributed by atoms with Crippen molar-refractivity contribution in [3.8, 4) is 6.07 Å². The summed E-state index contributed by atoms with van der Waals surface area (Å²) in [6.07, 6.45) is 1.99. The summed E-state index contributed by atoms with van der Waals surface area (Å²) < 4.78 is 5.75. The number of nitriles is 1. The maximum atomic E-state index is 13.0. The Balaban J connectivity index is 1.54. The van der Waals surface area contributed by atoms with Crippen LogP contribution in [-0.4, -0.2) is 43.2 Å². The van der Waals surface area contributed by atoms with Gasteiger partial charge in [0.2, 0.25) is 0 Å². The standard InChI is InChI=1S/C19H18N4O2/c20-12-15-5-3-8-21-18(15)22-10-11-25-17(13-22)19(24)23-9-7-14-4-1-2-6-16(14)23/h1-6,8,17H,7,9-11,13H2. The molecule has 0 saturated carbocycles. The summed E-state index contributed by atoms with van der Waals surface area (Å²) in [4.78, 5) is 21.1. The van der Waals surface area contributed by atoms with Crippen LogP contribution in [0.2, 0.25) is 0 Å². The maximum absolute atomic E-state index is 13.0. The minimum absolute atomic E-state index is 0.0240. The van der Waals surface area contributed by atoms with Gasteiger partial charge in [-0.1, -0.05) is 18.2 Å². The van der Waals surface area contributed by atoms with Gasteiger partial charge in [0.25, 0.3) is 5.91 Å². The largest absolute Gasteiger partial charge is 0.365 e. The van der Waals surface area contributed by atoms with Crippen molar-refractivity contribution in [2.75, 3.05) is 36.0 Å². The van der Waals surface area contributed by atoms with E-state index in [-0.39, 0.29) is 5.91 Å². The first-order chi connectivity index (χ1) is 12.3. The third-order valence-electron chi connectivity index (χ3n) is 4.70. The molecule has 2 aliphatic heterocycles. The van der Waals surface area contributed by atoms with Crippen molar-refractivity contribution in [2.45, 2.75) is 12.5 Å². The number of carbonyl (C=O) groups is 1. The number of morpholine rings is 1. The van der Waals surface area contributed by atoms with Crippen LogP contribution >= 0.6 is 0 Å². The van der Waals surface area contributed by atoms with Crippen LogP contribution in [0.15, 0.2) is 42.6 Å². The van der Waals surface area contributed by atoms with Gasteiger partial charge in [0.15, 0.2) is 6.10 Å². The molecule has 1 fully saturated rings. The Morgan fingerprint density at radius 3 is 3.00 bits per heavy atom. The molecule has 1 unspecified atom stereocenters. The number of anilines is 2. The number of hydrogen-bond acceptors (Lipinski definition) is 5. The van der Waals surface area contributed by atoms with Crippen LogP contribution in [0.3, 0.4) is 0 Å². The van der Waals surface area contributed by atoms with Gasteiger partial charge in [-0.05, 0) is 30.2 Å². The Hall–Kier alpha value is -2.91. The summed E-state index contributed by atoms with van der Waals surface area (Å²) in [6, 6.07) is 13.6. The second kappa shape index (κ2) is 6.54. The highest BCUT2D eigenvalue weighted by molar-refractivity contribution is 5.98. The Morgan fingerprint density at radius 2 is 2.12 bits per heavy atom. The van der Waals surface area contributed by atoms with E-state index in [2.05, 4.69) is 17.1 Å². The highest BCUT2D eigenvalue weighted by Crippen LogP contribution is 2.29. The predicted molar refractivity (Wildman–Crippen MR) is 93.4 cm³/mol. The molecule has 1 saturated heterocycles. The minimum atomic E-state index is -0.548. The third-order valence-corrected chi connectivity index (χ3v) is 4.70. The quantitative estimate of drug-likeness (QED) is 0.837. The lowest BCUT2D eigenvalue weighted by atomic mass is 10.1. The van der Waals surface area contributed by atoms with E-state index in [1.807, 2.05) is 28.0 Å². The molecule has 25 heavy (non-hydrogen) atoms. The fourth-order valence-electron chi connectivity index (χ4n) is 3.47. The average molecular weight is 334 g/mol. The summed E-state index contributed by atoms with van der Waals surface area (Å²) in [5, 5.41) is 9.28. The van der Waals surface area contributed by atoms with E-state index < -0.39 is 6.10 Å². The third kappa shape index (κ3) is 2.83. The number of aromatic nitrogens is 1. The zero-order valence-corrected chi connectivity index (χ0v) is 13.8. The summed E-state index contributed by atoms with van der Waals surface area (Å²) in [5.74, 6) is 0.594. The van der Waals surface area contributed by atoms with Crippen LogP contribution in [0.5, 0.6) is 0 Å². The first-order valence-electron chi connectivity index (χ1n) is 8.39. The van der Waals surface area contributed by atoms with Crippen LogP contribution in [0.1, 0.15) is 11.1 Å². The molecule has 0 radical (unpaired) electrons. The predicted octanol–water partition coefficient (Wildman–Crippen LogP) is 1.75. The first-order valence-corrected chi connectivity index (χ1v) is 8.39. The molecule has 126 valence electrons. The van der Waals surface area contributed by atoms with Crippen molar-refractivity contribution in [1.82, 2.24) is 4.98 Å². The van der Waals surface area contributed by atoms with E-state index in [0.717, 1.165) is 12.1 Å². The summed E-state index contributed by atoms with van der Waals surface area (Å²) in [5.41, 5.74) is 2.69. The molecule has 1 atom stereocenters. The summed E-state index contributed by atoms with van der Waals surface area (Å²) >= 11 is 0. The van der Waals surface area contributed by atoms with Crippen molar-refractivity contribution in [1.29, 1.82) is 5.26 Å². The van der Waals surface area contributed by atoms with E-state index in [4.69, 9.17) is 4.74 Å². The van der Waals surface area contributed by atoms with Gasteiger partial charge in [0, 0.05) is 25.0 Å². The SMILES string of the molecule is N#Cc1cccnc1N1CCOC(C(=O)N2CCc3ccccc32)C1. The molecule has 1 aromatic carbocycles. The highest BCUT2D eigenvalue weighted by atomic mass is 16.5. The second-order valence-electron chi connectivity index (χ2n) is 6.16. The highest BCUT2D eigenvalue weighted by Gasteiger charge is 2.34. The molecule has 6 heteroatoms. The van der Waals surface area contributed by atoms with Crippen LogP contribution in [-0.2, 0) is 16.0 Å². The number of nitrogens with zero attached hydrogens (tertiary/aromatic N) is 4. The average Bonchev–Trinajstić information content (AvgIpc) is 3.11. The monoisotopic (exact) mass is 334 g/mol. The number of carbonyl (C=O) groups excluding carboxylic acids is 1. The number of para-hydroxylation sites is 1. The van der Waals surface area contributed by atoms with E-state index >= 15 is 0 Å². The second-order valence-corrected chi connectivity index (χ2v) is 6.16. The van der Waals surface area contributed by atoms with Crippen molar-refractivity contribution < 1.29 is 9.53 Å². The number of pyridine rings is 1. The summed E-state index contributed by atoms with van der Waals surface area (Å²) in [7, 11) is 0. The molecule has 0 N–H and O–H groups in total. The fourth-order valence-corrected chi connectivity index (χ4v) is 3.47. The topological polar surface area (TPSA) is 69.5 Å². The van der Waals surface area contributed by atoms with Crippen molar-refractivity contribution in [3.63, 3.8) is 0 Å². The lowest BCUT2D eigenvalue weighted by Crippen LogP contribution is -2.51. The molecular formula is C19H18N4O2. The fraction of sp³-hybridized carbons (Fsp3) is 0.316. The van der Waals surface area contributed by atoms with Gasteiger partial charge in [-0.2, -0.15) is 5.26 Å². The normalized spacial score (nSPS) is 19.4. The Bertz CT molecular complexity index is 845. The van der Waals surface area contributed by atoms with Crippen LogP contribution in [0.4, 0.5) is 11.5 Å². The molecule has 2 aromatic rings. The molecule has 6 nitrogen and oxygen atoms in total. The summed E-state index contributed by atoms with van der Waals surface area (Å²) in [6.45, 7) is 2.15. The van der Waals surface area contributed by atoms with Gasteiger partial charge in [0.05, 0.1) is 18.7 Å². The van der Waals surface area contributed by atoms with Crippen molar-refractivity contribution in [2.24, 2.45) is 0 Å². The molecule has 0 aliphatic carbocycles. The van der Waals surface area contributed by atoms with Gasteiger partial charge in [-0.3, -0.25) is 4.79 Å². The van der Waals surface area contributed by atoms with E-state index in [1.54, 1.807) is 18.3 Å². The van der Waals surface area contributed by atoms with Gasteiger partial charge < -0.3 is 14.5 Å². The van der Waals surface area contributed by atoms with Crippen molar-refractivity contribution in [3.05, 3.63) is 53.7 Å². The van der Waals surface area contributed by atoms with Gasteiger partial charge in [-0.25, -0.2) is 4.98 Å². The number of ether oxygens (including phenoxy) is 1. The lowest BCUT2D eigenvalue weighted by molar-refractivity contribution is -0.130. The maximum Gasteiger partial charge on any atom is 0.257 e. The van der Waals surface area contributed by atoms with Gasteiger partial charge in [0.1, 0.15) is 11.9 Å². The van der Waals surface area contributed by atoms with Crippen LogP contribution < -0.4 is 9.80 Å².